The van der Waals surface area contributed by atoms with Gasteiger partial charge in [0.15, 0.2) is 0 Å². The van der Waals surface area contributed by atoms with Crippen LogP contribution in [-0.4, -0.2) is 18.1 Å². The molecule has 0 unspecified atom stereocenters. The van der Waals surface area contributed by atoms with Crippen molar-refractivity contribution < 1.29 is 18.3 Å². The predicted octanol–water partition coefficient (Wildman–Crippen LogP) is 2.50. The normalized spacial score (nSPS) is 10.2. The molecule has 1 heterocycles. The Balaban J connectivity index is 3.34. The fourth-order valence-corrected chi connectivity index (χ4v) is 2.05. The molecule has 0 radical (unpaired) electrons. The third-order valence-corrected chi connectivity index (χ3v) is 2.83. The van der Waals surface area contributed by atoms with Gasteiger partial charge in [-0.1, -0.05) is 15.9 Å². The second-order valence-electron chi connectivity index (χ2n) is 3.32. The van der Waals surface area contributed by atoms with Crippen LogP contribution in [0.1, 0.15) is 28.9 Å². The van der Waals surface area contributed by atoms with Gasteiger partial charge in [0.05, 0.1) is 19.2 Å². The minimum absolute atomic E-state index is 0.123. The lowest BCUT2D eigenvalue weighted by Crippen LogP contribution is -2.11. The number of ether oxygens (including phenoxy) is 1. The highest BCUT2D eigenvalue weighted by Gasteiger charge is 2.20. The number of esters is 1. The van der Waals surface area contributed by atoms with Crippen molar-refractivity contribution in [2.75, 3.05) is 7.11 Å². The van der Waals surface area contributed by atoms with E-state index in [1.54, 1.807) is 6.07 Å². The van der Waals surface area contributed by atoms with Gasteiger partial charge >= 0.3 is 5.97 Å². The summed E-state index contributed by atoms with van der Waals surface area (Å²) in [7, 11) is 1.19. The van der Waals surface area contributed by atoms with Crippen molar-refractivity contribution in [2.45, 2.75) is 18.2 Å². The highest BCUT2D eigenvalue weighted by Crippen LogP contribution is 2.27. The molecule has 0 atom stereocenters. The van der Waals surface area contributed by atoms with Gasteiger partial charge in [-0.2, -0.15) is 5.26 Å². The van der Waals surface area contributed by atoms with Gasteiger partial charge in [-0.15, -0.1) is 0 Å². The third kappa shape index (κ3) is 3.23. The zero-order chi connectivity index (χ0) is 13.7. The Morgan fingerprint density at radius 1 is 1.67 bits per heavy atom. The summed E-state index contributed by atoms with van der Waals surface area (Å²) in [6, 6.07) is 2.72. The molecule has 0 aliphatic heterocycles. The van der Waals surface area contributed by atoms with Crippen molar-refractivity contribution in [3.63, 3.8) is 0 Å². The number of hydrogen-bond acceptors (Lipinski definition) is 4. The number of alkyl halides is 3. The molecule has 0 aromatic carbocycles. The van der Waals surface area contributed by atoms with Gasteiger partial charge in [0.2, 0.25) is 0 Å². The van der Waals surface area contributed by atoms with Gasteiger partial charge in [-0.3, -0.25) is 4.79 Å². The van der Waals surface area contributed by atoms with Crippen LogP contribution in [0.25, 0.3) is 0 Å². The number of carbonyl (C=O) groups excluding carboxylic acids is 1. The minimum atomic E-state index is -2.73. The second kappa shape index (κ2) is 6.40. The van der Waals surface area contributed by atoms with E-state index < -0.39 is 12.4 Å². The quantitative estimate of drug-likeness (QED) is 0.632. The van der Waals surface area contributed by atoms with E-state index in [4.69, 9.17) is 5.26 Å². The van der Waals surface area contributed by atoms with E-state index >= 15 is 0 Å². The maximum absolute atomic E-state index is 12.9. The van der Waals surface area contributed by atoms with Gasteiger partial charge in [-0.05, 0) is 11.6 Å². The number of halogens is 3. The Morgan fingerprint density at radius 2 is 2.33 bits per heavy atom. The molecule has 4 nitrogen and oxygen atoms in total. The molecule has 1 aromatic heterocycles. The first kappa shape index (κ1) is 14.5. The highest BCUT2D eigenvalue weighted by molar-refractivity contribution is 9.08. The third-order valence-electron chi connectivity index (χ3n) is 2.27. The van der Waals surface area contributed by atoms with Crippen LogP contribution in [0.3, 0.4) is 0 Å². The van der Waals surface area contributed by atoms with Crippen molar-refractivity contribution >= 4 is 21.9 Å². The highest BCUT2D eigenvalue weighted by atomic mass is 79.9. The van der Waals surface area contributed by atoms with Crippen molar-refractivity contribution in [1.29, 1.82) is 5.26 Å². The number of carbonyl (C=O) groups is 1. The SMILES string of the molecule is COC(=O)Cc1nc(C#N)cc(C(F)F)c1CBr. The number of pyridine rings is 1. The molecule has 0 spiro atoms. The Labute approximate surface area is 111 Å². The summed E-state index contributed by atoms with van der Waals surface area (Å²) in [5.74, 6) is -0.597. The number of methoxy groups -OCH3 is 1. The number of nitrogens with zero attached hydrogens (tertiary/aromatic N) is 2. The van der Waals surface area contributed by atoms with Crippen molar-refractivity contribution in [2.24, 2.45) is 0 Å². The average molecular weight is 319 g/mol. The lowest BCUT2D eigenvalue weighted by atomic mass is 10.0. The number of aromatic nitrogens is 1. The summed E-state index contributed by atoms with van der Waals surface area (Å²) < 4.78 is 30.2. The van der Waals surface area contributed by atoms with Crippen molar-refractivity contribution in [3.8, 4) is 6.07 Å². The topological polar surface area (TPSA) is 63.0 Å². The fraction of sp³-hybridized carbons (Fsp3) is 0.364. The van der Waals surface area contributed by atoms with Gasteiger partial charge in [-0.25, -0.2) is 13.8 Å². The van der Waals surface area contributed by atoms with E-state index in [9.17, 15) is 13.6 Å². The van der Waals surface area contributed by atoms with E-state index in [2.05, 4.69) is 25.7 Å². The first-order valence-corrected chi connectivity index (χ1v) is 5.99. The fourth-order valence-electron chi connectivity index (χ4n) is 1.41. The minimum Gasteiger partial charge on any atom is -0.469 e. The Bertz CT molecular complexity index is 501. The van der Waals surface area contributed by atoms with Gasteiger partial charge < -0.3 is 4.74 Å². The number of nitriles is 1. The Hall–Kier alpha value is -1.55. The molecule has 0 saturated heterocycles. The molecule has 0 aliphatic carbocycles. The molecule has 0 aliphatic rings. The smallest absolute Gasteiger partial charge is 0.311 e. The summed E-state index contributed by atoms with van der Waals surface area (Å²) >= 11 is 3.08. The van der Waals surface area contributed by atoms with Crippen LogP contribution in [0.5, 0.6) is 0 Å². The number of hydrogen-bond donors (Lipinski definition) is 0. The standard InChI is InChI=1S/C11H9BrF2N2O2/c1-18-10(17)3-9-8(4-12)7(11(13)14)2-6(5-15)16-9/h2,11H,3-4H2,1H3. The van der Waals surface area contributed by atoms with E-state index in [1.165, 1.54) is 7.11 Å². The zero-order valence-electron chi connectivity index (χ0n) is 9.41. The average Bonchev–Trinajstić information content (AvgIpc) is 2.37. The summed E-state index contributed by atoms with van der Waals surface area (Å²) in [6.45, 7) is 0. The van der Waals surface area contributed by atoms with Crippen LogP contribution in [0.2, 0.25) is 0 Å². The van der Waals surface area contributed by atoms with Crippen LogP contribution < -0.4 is 0 Å². The predicted molar refractivity (Wildman–Crippen MR) is 62.3 cm³/mol. The first-order valence-electron chi connectivity index (χ1n) is 4.87. The summed E-state index contributed by atoms with van der Waals surface area (Å²) in [6.07, 6.45) is -2.98. The number of rotatable bonds is 4. The summed E-state index contributed by atoms with van der Waals surface area (Å²) in [5.41, 5.74) is -0.0892. The molecule has 7 heteroatoms. The van der Waals surface area contributed by atoms with Crippen LogP contribution in [0.15, 0.2) is 6.07 Å². The molecular formula is C11H9BrF2N2O2. The van der Waals surface area contributed by atoms with Crippen molar-refractivity contribution in [3.05, 3.63) is 28.6 Å². The largest absolute Gasteiger partial charge is 0.469 e. The molecule has 18 heavy (non-hydrogen) atoms. The van der Waals surface area contributed by atoms with Crippen LogP contribution in [0, 0.1) is 11.3 Å². The molecule has 1 aromatic rings. The molecular weight excluding hydrogens is 310 g/mol. The van der Waals surface area contributed by atoms with E-state index in [1.807, 2.05) is 0 Å². The maximum Gasteiger partial charge on any atom is 0.311 e. The summed E-state index contributed by atoms with van der Waals surface area (Å²) in [4.78, 5) is 15.0. The Kier molecular flexibility index (Phi) is 5.16. The lowest BCUT2D eigenvalue weighted by Gasteiger charge is -2.11. The van der Waals surface area contributed by atoms with Crippen LogP contribution >= 0.6 is 15.9 Å². The first-order chi connectivity index (χ1) is 8.53. The molecule has 0 saturated carbocycles. The van der Waals surface area contributed by atoms with E-state index in [0.717, 1.165) is 6.07 Å². The second-order valence-corrected chi connectivity index (χ2v) is 3.88. The zero-order valence-corrected chi connectivity index (χ0v) is 11.0. The lowest BCUT2D eigenvalue weighted by molar-refractivity contribution is -0.139. The van der Waals surface area contributed by atoms with E-state index in [0.29, 0.717) is 0 Å². The molecule has 96 valence electrons. The Morgan fingerprint density at radius 3 is 2.78 bits per heavy atom. The molecule has 1 rings (SSSR count). The molecule has 0 bridgehead atoms. The van der Waals surface area contributed by atoms with Gasteiger partial charge in [0, 0.05) is 10.9 Å². The monoisotopic (exact) mass is 318 g/mol. The van der Waals surface area contributed by atoms with Gasteiger partial charge in [0.1, 0.15) is 11.8 Å². The van der Waals surface area contributed by atoms with Crippen molar-refractivity contribution in [1.82, 2.24) is 4.98 Å². The summed E-state index contributed by atoms with van der Waals surface area (Å²) in [5, 5.41) is 8.86. The van der Waals surface area contributed by atoms with Crippen LogP contribution in [0.4, 0.5) is 8.78 Å². The molecule has 0 fully saturated rings. The molecule has 0 N–H and O–H groups in total. The maximum atomic E-state index is 12.9. The van der Waals surface area contributed by atoms with Crippen LogP contribution in [-0.2, 0) is 21.3 Å². The van der Waals surface area contributed by atoms with E-state index in [-0.39, 0.29) is 34.3 Å². The molecule has 0 amide bonds. The van der Waals surface area contributed by atoms with Gasteiger partial charge in [0.25, 0.3) is 6.43 Å².